The Balaban J connectivity index is 1.62. The first-order valence-electron chi connectivity index (χ1n) is 8.27. The maximum atomic E-state index is 5.68. The summed E-state index contributed by atoms with van der Waals surface area (Å²) in [5, 5.41) is 0. The molecular formula is C16H33N3. The van der Waals surface area contributed by atoms with Gasteiger partial charge in [-0.15, -0.1) is 0 Å². The highest BCUT2D eigenvalue weighted by atomic mass is 15.3. The van der Waals surface area contributed by atoms with Gasteiger partial charge < -0.3 is 10.6 Å². The molecule has 2 N–H and O–H groups in total. The summed E-state index contributed by atoms with van der Waals surface area (Å²) in [6.45, 7) is 12.2. The molecule has 3 nitrogen and oxygen atoms in total. The zero-order valence-electron chi connectivity index (χ0n) is 13.0. The van der Waals surface area contributed by atoms with Crippen molar-refractivity contribution in [1.82, 2.24) is 9.80 Å². The van der Waals surface area contributed by atoms with Crippen LogP contribution in [0.2, 0.25) is 0 Å². The van der Waals surface area contributed by atoms with Crippen molar-refractivity contribution in [3.05, 3.63) is 0 Å². The molecule has 2 aliphatic rings. The normalized spacial score (nSPS) is 26.4. The summed E-state index contributed by atoms with van der Waals surface area (Å²) < 4.78 is 0. The molecule has 0 aromatic heterocycles. The van der Waals surface area contributed by atoms with Crippen LogP contribution in [0.3, 0.4) is 0 Å². The topological polar surface area (TPSA) is 32.5 Å². The second-order valence-electron chi connectivity index (χ2n) is 7.29. The summed E-state index contributed by atoms with van der Waals surface area (Å²) in [6, 6.07) is 0.861. The molecule has 3 heteroatoms. The predicted octanol–water partition coefficient (Wildman–Crippen LogP) is 2.31. The second kappa shape index (κ2) is 7.05. The zero-order valence-corrected chi connectivity index (χ0v) is 13.0. The van der Waals surface area contributed by atoms with Gasteiger partial charge in [0.2, 0.25) is 0 Å². The molecule has 2 heterocycles. The molecule has 0 aliphatic carbocycles. The van der Waals surface area contributed by atoms with E-state index < -0.39 is 0 Å². The maximum absolute atomic E-state index is 5.68. The Morgan fingerprint density at radius 1 is 1.11 bits per heavy atom. The molecule has 0 bridgehead atoms. The lowest BCUT2D eigenvalue weighted by Crippen LogP contribution is -2.35. The van der Waals surface area contributed by atoms with Crippen molar-refractivity contribution in [3.63, 3.8) is 0 Å². The largest absolute Gasteiger partial charge is 0.330 e. The number of nitrogens with two attached hydrogens (primary N) is 1. The molecule has 0 radical (unpaired) electrons. The average molecular weight is 267 g/mol. The van der Waals surface area contributed by atoms with Crippen molar-refractivity contribution < 1.29 is 0 Å². The fraction of sp³-hybridized carbons (Fsp3) is 1.00. The highest BCUT2D eigenvalue weighted by molar-refractivity contribution is 4.85. The molecule has 0 saturated carbocycles. The van der Waals surface area contributed by atoms with E-state index in [1.807, 2.05) is 0 Å². The highest BCUT2D eigenvalue weighted by Gasteiger charge is 2.29. The van der Waals surface area contributed by atoms with Gasteiger partial charge in [-0.2, -0.15) is 0 Å². The molecule has 112 valence electrons. The molecule has 0 aromatic carbocycles. The minimum Gasteiger partial charge on any atom is -0.330 e. The molecular weight excluding hydrogens is 234 g/mol. The van der Waals surface area contributed by atoms with E-state index in [1.165, 1.54) is 64.8 Å². The lowest BCUT2D eigenvalue weighted by atomic mass is 9.84. The fourth-order valence-electron chi connectivity index (χ4n) is 3.72. The SMILES string of the molecule is CC(C)(CCN)CCCN1CCC(N2CCCC2)C1. The van der Waals surface area contributed by atoms with Gasteiger partial charge in [0, 0.05) is 12.6 Å². The Morgan fingerprint density at radius 3 is 2.53 bits per heavy atom. The third kappa shape index (κ3) is 4.73. The van der Waals surface area contributed by atoms with E-state index in [0.717, 1.165) is 19.0 Å². The van der Waals surface area contributed by atoms with E-state index in [9.17, 15) is 0 Å². The average Bonchev–Trinajstić information content (AvgIpc) is 2.98. The number of hydrogen-bond acceptors (Lipinski definition) is 3. The number of hydrogen-bond donors (Lipinski definition) is 1. The van der Waals surface area contributed by atoms with Crippen molar-refractivity contribution >= 4 is 0 Å². The molecule has 19 heavy (non-hydrogen) atoms. The Morgan fingerprint density at radius 2 is 1.84 bits per heavy atom. The fourth-order valence-corrected chi connectivity index (χ4v) is 3.72. The van der Waals surface area contributed by atoms with Crippen LogP contribution in [-0.4, -0.2) is 55.1 Å². The van der Waals surface area contributed by atoms with Gasteiger partial charge in [0.15, 0.2) is 0 Å². The first kappa shape index (κ1) is 15.3. The lowest BCUT2D eigenvalue weighted by molar-refractivity contribution is 0.222. The summed E-state index contributed by atoms with van der Waals surface area (Å²) >= 11 is 0. The van der Waals surface area contributed by atoms with Gasteiger partial charge in [-0.1, -0.05) is 13.8 Å². The Bertz CT molecular complexity index is 259. The van der Waals surface area contributed by atoms with E-state index in [1.54, 1.807) is 0 Å². The molecule has 0 amide bonds. The first-order chi connectivity index (χ1) is 9.11. The molecule has 1 atom stereocenters. The van der Waals surface area contributed by atoms with Crippen LogP contribution in [-0.2, 0) is 0 Å². The van der Waals surface area contributed by atoms with Gasteiger partial charge in [-0.05, 0) is 76.7 Å². The van der Waals surface area contributed by atoms with Gasteiger partial charge in [0.1, 0.15) is 0 Å². The van der Waals surface area contributed by atoms with Crippen molar-refractivity contribution in [2.24, 2.45) is 11.1 Å². The number of nitrogens with zero attached hydrogens (tertiary/aromatic N) is 2. The summed E-state index contributed by atoms with van der Waals surface area (Å²) in [5.74, 6) is 0. The van der Waals surface area contributed by atoms with E-state index in [-0.39, 0.29) is 0 Å². The van der Waals surface area contributed by atoms with Gasteiger partial charge in [0.05, 0.1) is 0 Å². The summed E-state index contributed by atoms with van der Waals surface area (Å²) in [4.78, 5) is 5.40. The van der Waals surface area contributed by atoms with Crippen LogP contribution < -0.4 is 5.73 Å². The molecule has 2 rings (SSSR count). The minimum absolute atomic E-state index is 0.433. The van der Waals surface area contributed by atoms with Gasteiger partial charge in [-0.3, -0.25) is 4.90 Å². The van der Waals surface area contributed by atoms with E-state index in [4.69, 9.17) is 5.73 Å². The summed E-state index contributed by atoms with van der Waals surface area (Å²) in [6.07, 6.45) is 8.04. The first-order valence-corrected chi connectivity index (χ1v) is 8.27. The van der Waals surface area contributed by atoms with Crippen molar-refractivity contribution in [2.75, 3.05) is 39.3 Å². The van der Waals surface area contributed by atoms with Crippen LogP contribution in [0.5, 0.6) is 0 Å². The van der Waals surface area contributed by atoms with Gasteiger partial charge in [-0.25, -0.2) is 0 Å². The summed E-state index contributed by atoms with van der Waals surface area (Å²) in [5.41, 5.74) is 6.11. The molecule has 0 aromatic rings. The van der Waals surface area contributed by atoms with Crippen LogP contribution in [0, 0.1) is 5.41 Å². The van der Waals surface area contributed by atoms with Crippen LogP contribution in [0.15, 0.2) is 0 Å². The monoisotopic (exact) mass is 267 g/mol. The van der Waals surface area contributed by atoms with Crippen LogP contribution in [0.4, 0.5) is 0 Å². The van der Waals surface area contributed by atoms with Gasteiger partial charge >= 0.3 is 0 Å². The standard InChI is InChI=1S/C16H33N3/c1-16(2,8-9-17)7-5-10-18-13-6-15(14-18)19-11-3-4-12-19/h15H,3-14,17H2,1-2H3. The van der Waals surface area contributed by atoms with E-state index >= 15 is 0 Å². The van der Waals surface area contributed by atoms with Crippen molar-refractivity contribution in [2.45, 2.75) is 58.4 Å². The Hall–Kier alpha value is -0.120. The van der Waals surface area contributed by atoms with Crippen molar-refractivity contribution in [3.8, 4) is 0 Å². The quantitative estimate of drug-likeness (QED) is 0.768. The minimum atomic E-state index is 0.433. The Kier molecular flexibility index (Phi) is 5.67. The third-order valence-electron chi connectivity index (χ3n) is 5.05. The van der Waals surface area contributed by atoms with Crippen LogP contribution in [0.1, 0.15) is 52.4 Å². The highest BCUT2D eigenvalue weighted by Crippen LogP contribution is 2.27. The van der Waals surface area contributed by atoms with Crippen LogP contribution in [0.25, 0.3) is 0 Å². The van der Waals surface area contributed by atoms with E-state index in [0.29, 0.717) is 5.41 Å². The molecule has 2 saturated heterocycles. The maximum Gasteiger partial charge on any atom is 0.0235 e. The lowest BCUT2D eigenvalue weighted by Gasteiger charge is -2.26. The third-order valence-corrected chi connectivity index (χ3v) is 5.05. The molecule has 1 unspecified atom stereocenters. The van der Waals surface area contributed by atoms with E-state index in [2.05, 4.69) is 23.6 Å². The molecule has 2 aliphatic heterocycles. The number of likely N-dealkylation sites (tertiary alicyclic amines) is 2. The summed E-state index contributed by atoms with van der Waals surface area (Å²) in [7, 11) is 0. The second-order valence-corrected chi connectivity index (χ2v) is 7.29. The van der Waals surface area contributed by atoms with Gasteiger partial charge in [0.25, 0.3) is 0 Å². The number of rotatable bonds is 7. The van der Waals surface area contributed by atoms with Crippen LogP contribution >= 0.6 is 0 Å². The van der Waals surface area contributed by atoms with Crippen molar-refractivity contribution in [1.29, 1.82) is 0 Å². The predicted molar refractivity (Wildman–Crippen MR) is 82.3 cm³/mol. The Labute approximate surface area is 119 Å². The molecule has 2 fully saturated rings. The zero-order chi connectivity index (χ0) is 13.7. The molecule has 0 spiro atoms. The smallest absolute Gasteiger partial charge is 0.0235 e.